The fraction of sp³-hybridized carbons (Fsp3) is 0.727. The standard InChI is InChI=1S/C22H32N4O3/c1-2-5-19(27)26-13-10-18-17(14-26)21(28)24-20(23-18)15-8-11-25(12-9-15)22(29)16-6-3-4-7-16/h15-16H,2-14H2,1H3,(H,23,24,28). The van der Waals surface area contributed by atoms with Crippen molar-refractivity contribution in [2.45, 2.75) is 77.2 Å². The number of rotatable bonds is 4. The average Bonchev–Trinajstić information content (AvgIpc) is 3.28. The van der Waals surface area contributed by atoms with Gasteiger partial charge in [0.25, 0.3) is 5.56 Å². The minimum atomic E-state index is -0.108. The van der Waals surface area contributed by atoms with Crippen molar-refractivity contribution in [2.24, 2.45) is 5.92 Å². The van der Waals surface area contributed by atoms with Gasteiger partial charge in [-0.25, -0.2) is 4.98 Å². The highest BCUT2D eigenvalue weighted by atomic mass is 16.2. The monoisotopic (exact) mass is 400 g/mol. The van der Waals surface area contributed by atoms with Gasteiger partial charge in [0.15, 0.2) is 0 Å². The van der Waals surface area contributed by atoms with Gasteiger partial charge in [0, 0.05) is 44.3 Å². The van der Waals surface area contributed by atoms with Crippen LogP contribution in [0.4, 0.5) is 0 Å². The van der Waals surface area contributed by atoms with Crippen molar-refractivity contribution >= 4 is 11.8 Å². The number of amides is 2. The number of carbonyl (C=O) groups excluding carboxylic acids is 2. The zero-order chi connectivity index (χ0) is 20.4. The predicted octanol–water partition coefficient (Wildman–Crippen LogP) is 2.35. The van der Waals surface area contributed by atoms with Crippen LogP contribution in [0, 0.1) is 5.92 Å². The first kappa shape index (κ1) is 20.1. The van der Waals surface area contributed by atoms with Crippen molar-refractivity contribution in [1.82, 2.24) is 19.8 Å². The van der Waals surface area contributed by atoms with E-state index in [1.807, 2.05) is 11.8 Å². The largest absolute Gasteiger partial charge is 0.342 e. The molecule has 3 aliphatic rings. The highest BCUT2D eigenvalue weighted by molar-refractivity contribution is 5.79. The van der Waals surface area contributed by atoms with Crippen LogP contribution in [0.1, 0.15) is 81.3 Å². The molecule has 0 spiro atoms. The van der Waals surface area contributed by atoms with Gasteiger partial charge in [0.1, 0.15) is 5.82 Å². The maximum Gasteiger partial charge on any atom is 0.256 e. The van der Waals surface area contributed by atoms with Crippen LogP contribution in [-0.4, -0.2) is 51.2 Å². The molecule has 4 rings (SSSR count). The van der Waals surface area contributed by atoms with Crippen molar-refractivity contribution < 1.29 is 9.59 Å². The number of piperidine rings is 1. The summed E-state index contributed by atoms with van der Waals surface area (Å²) in [5.74, 6) is 1.62. The van der Waals surface area contributed by atoms with Crippen LogP contribution in [0.3, 0.4) is 0 Å². The molecule has 1 saturated carbocycles. The first-order valence-corrected chi connectivity index (χ1v) is 11.2. The van der Waals surface area contributed by atoms with Gasteiger partial charge < -0.3 is 14.8 Å². The molecule has 0 bridgehead atoms. The average molecular weight is 401 g/mol. The van der Waals surface area contributed by atoms with Crippen LogP contribution in [0.5, 0.6) is 0 Å². The Balaban J connectivity index is 1.41. The lowest BCUT2D eigenvalue weighted by Gasteiger charge is -2.34. The Hall–Kier alpha value is -2.18. The number of likely N-dealkylation sites (tertiary alicyclic amines) is 1. The van der Waals surface area contributed by atoms with Crippen LogP contribution >= 0.6 is 0 Å². The van der Waals surface area contributed by atoms with Crippen LogP contribution < -0.4 is 5.56 Å². The van der Waals surface area contributed by atoms with Gasteiger partial charge in [-0.3, -0.25) is 14.4 Å². The SMILES string of the molecule is CCCC(=O)N1CCc2nc(C3CCN(C(=O)C4CCCC4)CC3)[nH]c(=O)c2C1. The number of hydrogen-bond donors (Lipinski definition) is 1. The summed E-state index contributed by atoms with van der Waals surface area (Å²) in [4.78, 5) is 49.1. The van der Waals surface area contributed by atoms with E-state index in [4.69, 9.17) is 4.98 Å². The zero-order valence-electron chi connectivity index (χ0n) is 17.4. The minimum Gasteiger partial charge on any atom is -0.342 e. The summed E-state index contributed by atoms with van der Waals surface area (Å²) < 4.78 is 0. The van der Waals surface area contributed by atoms with Gasteiger partial charge in [-0.05, 0) is 32.1 Å². The molecular formula is C22H32N4O3. The van der Waals surface area contributed by atoms with Crippen LogP contribution in [0.2, 0.25) is 0 Å². The third kappa shape index (κ3) is 4.23. The number of aromatic nitrogens is 2. The molecule has 7 heteroatoms. The smallest absolute Gasteiger partial charge is 0.256 e. The number of aromatic amines is 1. The second-order valence-corrected chi connectivity index (χ2v) is 8.77. The Morgan fingerprint density at radius 3 is 2.48 bits per heavy atom. The number of nitrogens with zero attached hydrogens (tertiary/aromatic N) is 3. The molecule has 2 fully saturated rings. The van der Waals surface area contributed by atoms with Crippen LogP contribution in [0.25, 0.3) is 0 Å². The zero-order valence-corrected chi connectivity index (χ0v) is 17.4. The van der Waals surface area contributed by atoms with Crippen molar-refractivity contribution in [3.8, 4) is 0 Å². The fourth-order valence-corrected chi connectivity index (χ4v) is 5.03. The van der Waals surface area contributed by atoms with Crippen molar-refractivity contribution in [3.05, 3.63) is 27.4 Å². The molecule has 0 unspecified atom stereocenters. The number of hydrogen-bond acceptors (Lipinski definition) is 4. The Kier molecular flexibility index (Phi) is 6.01. The molecular weight excluding hydrogens is 368 g/mol. The number of fused-ring (bicyclic) bond motifs is 1. The number of H-pyrrole nitrogens is 1. The van der Waals surface area contributed by atoms with E-state index in [2.05, 4.69) is 4.98 Å². The first-order valence-electron chi connectivity index (χ1n) is 11.2. The Morgan fingerprint density at radius 1 is 1.07 bits per heavy atom. The van der Waals surface area contributed by atoms with Gasteiger partial charge >= 0.3 is 0 Å². The van der Waals surface area contributed by atoms with Gasteiger partial charge in [-0.15, -0.1) is 0 Å². The molecule has 1 aliphatic carbocycles. The molecule has 1 aromatic rings. The van der Waals surface area contributed by atoms with E-state index in [1.54, 1.807) is 4.90 Å². The number of carbonyl (C=O) groups is 2. The highest BCUT2D eigenvalue weighted by Crippen LogP contribution is 2.31. The van der Waals surface area contributed by atoms with E-state index in [1.165, 1.54) is 12.8 Å². The molecule has 0 aromatic carbocycles. The first-order chi connectivity index (χ1) is 14.1. The Bertz CT molecular complexity index is 820. The molecule has 1 N–H and O–H groups in total. The summed E-state index contributed by atoms with van der Waals surface area (Å²) in [7, 11) is 0. The predicted molar refractivity (Wildman–Crippen MR) is 109 cm³/mol. The molecule has 2 amide bonds. The second kappa shape index (κ2) is 8.67. The summed E-state index contributed by atoms with van der Waals surface area (Å²) in [5, 5.41) is 0. The quantitative estimate of drug-likeness (QED) is 0.841. The van der Waals surface area contributed by atoms with E-state index in [0.29, 0.717) is 37.4 Å². The van der Waals surface area contributed by atoms with Crippen molar-refractivity contribution in [1.29, 1.82) is 0 Å². The van der Waals surface area contributed by atoms with Gasteiger partial charge in [-0.1, -0.05) is 19.8 Å². The molecule has 2 aliphatic heterocycles. The maximum absolute atomic E-state index is 12.7. The molecule has 1 aromatic heterocycles. The van der Waals surface area contributed by atoms with Crippen molar-refractivity contribution in [2.75, 3.05) is 19.6 Å². The second-order valence-electron chi connectivity index (χ2n) is 8.77. The molecule has 29 heavy (non-hydrogen) atoms. The van der Waals surface area contributed by atoms with Crippen LogP contribution in [0.15, 0.2) is 4.79 Å². The maximum atomic E-state index is 12.7. The van der Waals surface area contributed by atoms with Gasteiger partial charge in [0.2, 0.25) is 11.8 Å². The molecule has 158 valence electrons. The van der Waals surface area contributed by atoms with E-state index < -0.39 is 0 Å². The summed E-state index contributed by atoms with van der Waals surface area (Å²) in [5.41, 5.74) is 1.37. The summed E-state index contributed by atoms with van der Waals surface area (Å²) >= 11 is 0. The summed E-state index contributed by atoms with van der Waals surface area (Å²) in [6.45, 7) is 4.49. The normalized spacial score (nSPS) is 20.7. The lowest BCUT2D eigenvalue weighted by atomic mass is 9.94. The van der Waals surface area contributed by atoms with E-state index in [9.17, 15) is 14.4 Å². The summed E-state index contributed by atoms with van der Waals surface area (Å²) in [6.07, 6.45) is 8.10. The minimum absolute atomic E-state index is 0.108. The molecule has 1 saturated heterocycles. The van der Waals surface area contributed by atoms with E-state index in [-0.39, 0.29) is 23.3 Å². The third-order valence-electron chi connectivity index (χ3n) is 6.80. The topological polar surface area (TPSA) is 86.4 Å². The lowest BCUT2D eigenvalue weighted by molar-refractivity contribution is -0.136. The molecule has 0 atom stereocenters. The van der Waals surface area contributed by atoms with Crippen LogP contribution in [-0.2, 0) is 22.6 Å². The number of nitrogens with one attached hydrogen (secondary N) is 1. The Morgan fingerprint density at radius 2 is 1.79 bits per heavy atom. The highest BCUT2D eigenvalue weighted by Gasteiger charge is 2.32. The summed E-state index contributed by atoms with van der Waals surface area (Å²) in [6, 6.07) is 0. The lowest BCUT2D eigenvalue weighted by Crippen LogP contribution is -2.42. The molecule has 0 radical (unpaired) electrons. The molecule has 3 heterocycles. The van der Waals surface area contributed by atoms with Gasteiger partial charge in [0.05, 0.1) is 17.8 Å². The molecule has 7 nitrogen and oxygen atoms in total. The van der Waals surface area contributed by atoms with Crippen molar-refractivity contribution in [3.63, 3.8) is 0 Å². The van der Waals surface area contributed by atoms with Gasteiger partial charge in [-0.2, -0.15) is 0 Å². The van der Waals surface area contributed by atoms with E-state index in [0.717, 1.165) is 56.7 Å². The third-order valence-corrected chi connectivity index (χ3v) is 6.80. The van der Waals surface area contributed by atoms with E-state index >= 15 is 0 Å². The Labute approximate surface area is 171 Å². The fourth-order valence-electron chi connectivity index (χ4n) is 5.03.